The summed E-state index contributed by atoms with van der Waals surface area (Å²) in [5.41, 5.74) is 0. The third-order valence-electron chi connectivity index (χ3n) is 10.4. The molecule has 0 aliphatic carbocycles. The molecule has 0 amide bonds. The summed E-state index contributed by atoms with van der Waals surface area (Å²) in [7, 11) is 1.45. The molecule has 1 unspecified atom stereocenters. The number of likely N-dealkylation sites (N-methyl/N-ethyl adjacent to an activating group) is 1. The van der Waals surface area contributed by atoms with Crippen molar-refractivity contribution in [3.8, 4) is 0 Å². The summed E-state index contributed by atoms with van der Waals surface area (Å²) in [5, 5.41) is 0. The molecule has 0 fully saturated rings. The van der Waals surface area contributed by atoms with Gasteiger partial charge >= 0.3 is 19.8 Å². The van der Waals surface area contributed by atoms with E-state index >= 15 is 0 Å². The van der Waals surface area contributed by atoms with E-state index in [-0.39, 0.29) is 26.1 Å². The van der Waals surface area contributed by atoms with Crippen LogP contribution in [0.2, 0.25) is 0 Å². The lowest BCUT2D eigenvalue weighted by Crippen LogP contribution is -2.37. The fourth-order valence-electron chi connectivity index (χ4n) is 6.54. The second kappa shape index (κ2) is 42.3. The van der Waals surface area contributed by atoms with Crippen LogP contribution in [0.15, 0.2) is 48.6 Å². The van der Waals surface area contributed by atoms with Crippen molar-refractivity contribution in [3.63, 3.8) is 0 Å². The van der Waals surface area contributed by atoms with Gasteiger partial charge in [-0.05, 0) is 51.4 Å². The number of unbranched alkanes of at least 4 members (excludes halogenated alkanes) is 22. The average molecular weight is 867 g/mol. The highest BCUT2D eigenvalue weighted by Crippen LogP contribution is 2.43. The Labute approximate surface area is 369 Å². The Kier molecular flexibility index (Phi) is 40.8. The van der Waals surface area contributed by atoms with Gasteiger partial charge in [-0.1, -0.05) is 191 Å². The van der Waals surface area contributed by atoms with Crippen LogP contribution >= 0.6 is 7.82 Å². The first-order chi connectivity index (χ1) is 29.0. The number of carbonyl (C=O) groups excluding carboxylic acids is 2. The number of allylic oxidation sites excluding steroid dienone is 8. The van der Waals surface area contributed by atoms with E-state index in [1.54, 1.807) is 0 Å². The van der Waals surface area contributed by atoms with Gasteiger partial charge in [0.05, 0.1) is 27.7 Å². The third kappa shape index (κ3) is 45.5. The van der Waals surface area contributed by atoms with Crippen molar-refractivity contribution < 1.29 is 42.1 Å². The zero-order valence-corrected chi connectivity index (χ0v) is 40.3. The van der Waals surface area contributed by atoms with E-state index in [1.165, 1.54) is 128 Å². The normalized spacial score (nSPS) is 13.9. The number of rotatable bonds is 44. The molecule has 0 bridgehead atoms. The van der Waals surface area contributed by atoms with Crippen LogP contribution in [0.5, 0.6) is 0 Å². The van der Waals surface area contributed by atoms with Crippen molar-refractivity contribution in [3.05, 3.63) is 48.6 Å². The summed E-state index contributed by atoms with van der Waals surface area (Å²) in [5.74, 6) is -0.858. The van der Waals surface area contributed by atoms with E-state index in [0.717, 1.165) is 38.5 Å². The molecule has 0 heterocycles. The topological polar surface area (TPSA) is 108 Å². The van der Waals surface area contributed by atoms with Gasteiger partial charge in [-0.25, -0.2) is 4.57 Å². The minimum absolute atomic E-state index is 0.0234. The Hall–Kier alpha value is -2.03. The number of phosphoric acid groups is 1. The maximum absolute atomic E-state index is 12.7. The number of esters is 2. The minimum Gasteiger partial charge on any atom is -0.462 e. The van der Waals surface area contributed by atoms with Crippen LogP contribution in [-0.2, 0) is 32.7 Å². The lowest BCUT2D eigenvalue weighted by atomic mass is 10.0. The van der Waals surface area contributed by atoms with Crippen molar-refractivity contribution in [2.75, 3.05) is 47.5 Å². The van der Waals surface area contributed by atoms with Crippen molar-refractivity contribution in [1.82, 2.24) is 0 Å². The maximum atomic E-state index is 12.7. The quantitative estimate of drug-likeness (QED) is 0.0212. The second-order valence-corrected chi connectivity index (χ2v) is 19.0. The number of hydrogen-bond acceptors (Lipinski definition) is 7. The van der Waals surface area contributed by atoms with Crippen LogP contribution < -0.4 is 0 Å². The van der Waals surface area contributed by atoms with E-state index in [0.29, 0.717) is 23.9 Å². The summed E-state index contributed by atoms with van der Waals surface area (Å²) in [6.45, 7) is 4.35. The Balaban J connectivity index is 4.36. The second-order valence-electron chi connectivity index (χ2n) is 17.5. The average Bonchev–Trinajstić information content (AvgIpc) is 3.20. The van der Waals surface area contributed by atoms with Gasteiger partial charge in [0, 0.05) is 12.8 Å². The number of carbonyl (C=O) groups is 2. The minimum atomic E-state index is -4.39. The molecule has 2 atom stereocenters. The number of ether oxygens (including phenoxy) is 2. The predicted octanol–water partition coefficient (Wildman–Crippen LogP) is 14.2. The standard InChI is InChI=1S/C50H92NO8P/c1-6-8-10-12-14-16-18-20-22-24-25-27-29-31-33-35-37-39-41-43-50(53)59-48(47-58-60(54,55)57-45-44-51(3,4)5)46-56-49(52)42-40-38-36-34-32-30-28-26-23-21-19-17-15-13-11-9-7-2/h15,17,21,23,28,30,34,36,48H,6-14,16,18-20,22,24-27,29,31-33,35,37-47H2,1-5H3/p+1/b17-15+,23-21+,30-28+,36-34+/t48-/m1/s1. The van der Waals surface area contributed by atoms with E-state index in [4.69, 9.17) is 18.5 Å². The van der Waals surface area contributed by atoms with Gasteiger partial charge in [0.2, 0.25) is 0 Å². The number of phosphoric ester groups is 1. The number of hydrogen-bond donors (Lipinski definition) is 1. The first-order valence-electron chi connectivity index (χ1n) is 24.4. The summed E-state index contributed by atoms with van der Waals surface area (Å²) < 4.78 is 34.3. The smallest absolute Gasteiger partial charge is 0.462 e. The van der Waals surface area contributed by atoms with Gasteiger partial charge in [0.15, 0.2) is 6.10 Å². The maximum Gasteiger partial charge on any atom is 0.472 e. The molecule has 0 aromatic heterocycles. The van der Waals surface area contributed by atoms with Crippen molar-refractivity contribution in [1.29, 1.82) is 0 Å². The molecule has 0 spiro atoms. The molecule has 0 rings (SSSR count). The lowest BCUT2D eigenvalue weighted by molar-refractivity contribution is -0.870. The summed E-state index contributed by atoms with van der Waals surface area (Å²) >= 11 is 0. The third-order valence-corrected chi connectivity index (χ3v) is 11.3. The van der Waals surface area contributed by atoms with E-state index in [9.17, 15) is 19.0 Å². The highest BCUT2D eigenvalue weighted by Gasteiger charge is 2.27. The van der Waals surface area contributed by atoms with Gasteiger partial charge in [-0.2, -0.15) is 0 Å². The molecule has 0 saturated carbocycles. The van der Waals surface area contributed by atoms with Gasteiger partial charge in [0.25, 0.3) is 0 Å². The van der Waals surface area contributed by atoms with Crippen LogP contribution in [0.4, 0.5) is 0 Å². The van der Waals surface area contributed by atoms with Crippen LogP contribution in [0.3, 0.4) is 0 Å². The summed E-state index contributed by atoms with van der Waals surface area (Å²) in [6, 6.07) is 0. The van der Waals surface area contributed by atoms with Crippen molar-refractivity contribution >= 4 is 19.8 Å². The molecule has 0 saturated heterocycles. The van der Waals surface area contributed by atoms with Crippen LogP contribution in [0, 0.1) is 0 Å². The molecule has 0 aliphatic rings. The van der Waals surface area contributed by atoms with Gasteiger partial charge in [-0.3, -0.25) is 18.6 Å². The van der Waals surface area contributed by atoms with Crippen LogP contribution in [0.25, 0.3) is 0 Å². The van der Waals surface area contributed by atoms with Crippen molar-refractivity contribution in [2.45, 2.75) is 213 Å². The molecular formula is C50H93NO8P+. The fraction of sp³-hybridized carbons (Fsp3) is 0.800. The molecule has 10 heteroatoms. The number of quaternary nitrogens is 1. The summed E-state index contributed by atoms with van der Waals surface area (Å²) in [4.78, 5) is 35.4. The first kappa shape index (κ1) is 58.0. The summed E-state index contributed by atoms with van der Waals surface area (Å²) in [6.07, 6.45) is 50.2. The molecule has 0 radical (unpaired) electrons. The molecule has 350 valence electrons. The Morgan fingerprint density at radius 2 is 0.917 bits per heavy atom. The highest BCUT2D eigenvalue weighted by molar-refractivity contribution is 7.47. The molecule has 0 aromatic rings. The highest BCUT2D eigenvalue weighted by atomic mass is 31.2. The predicted molar refractivity (Wildman–Crippen MR) is 252 cm³/mol. The largest absolute Gasteiger partial charge is 0.472 e. The van der Waals surface area contributed by atoms with Gasteiger partial charge in [-0.15, -0.1) is 0 Å². The van der Waals surface area contributed by atoms with Gasteiger partial charge < -0.3 is 18.9 Å². The first-order valence-corrected chi connectivity index (χ1v) is 25.9. The van der Waals surface area contributed by atoms with E-state index in [2.05, 4.69) is 62.5 Å². The Bertz CT molecular complexity index is 1160. The zero-order valence-electron chi connectivity index (χ0n) is 39.4. The zero-order chi connectivity index (χ0) is 44.3. The Morgan fingerprint density at radius 1 is 0.517 bits per heavy atom. The Morgan fingerprint density at radius 3 is 1.38 bits per heavy atom. The fourth-order valence-corrected chi connectivity index (χ4v) is 7.28. The SMILES string of the molecule is CCCCC/C=C/C/C=C/C/C=C/C/C=C/CCCC(=O)OC[C@H](COP(=O)(O)OCC[N+](C)(C)C)OC(=O)CCCCCCCCCCCCCCCCCCCCC. The van der Waals surface area contributed by atoms with Crippen LogP contribution in [-0.4, -0.2) is 74.9 Å². The lowest BCUT2D eigenvalue weighted by Gasteiger charge is -2.24. The van der Waals surface area contributed by atoms with E-state index in [1.807, 2.05) is 21.1 Å². The van der Waals surface area contributed by atoms with Gasteiger partial charge in [0.1, 0.15) is 19.8 Å². The molecular weight excluding hydrogens is 774 g/mol. The molecule has 0 aliphatic heterocycles. The number of nitrogens with zero attached hydrogens (tertiary/aromatic N) is 1. The monoisotopic (exact) mass is 867 g/mol. The van der Waals surface area contributed by atoms with E-state index < -0.39 is 32.5 Å². The molecule has 1 N–H and O–H groups in total. The molecule has 0 aromatic carbocycles. The van der Waals surface area contributed by atoms with Crippen molar-refractivity contribution in [2.24, 2.45) is 0 Å². The van der Waals surface area contributed by atoms with Crippen LogP contribution in [0.1, 0.15) is 206 Å². The molecule has 9 nitrogen and oxygen atoms in total. The molecule has 60 heavy (non-hydrogen) atoms.